The molecular weight excluding hydrogens is 266 g/mol. The molecule has 0 aliphatic carbocycles. The number of halogens is 1. The maximum atomic E-state index is 10.9. The highest BCUT2D eigenvalue weighted by Crippen LogP contribution is 2.30. The van der Waals surface area contributed by atoms with Crippen LogP contribution in [-0.4, -0.2) is 41.2 Å². The van der Waals surface area contributed by atoms with Gasteiger partial charge in [0.1, 0.15) is 0 Å². The molecule has 3 atom stereocenters. The molecule has 5 heteroatoms. The lowest BCUT2D eigenvalue weighted by atomic mass is 9.98. The van der Waals surface area contributed by atoms with Crippen molar-refractivity contribution in [2.75, 3.05) is 13.2 Å². The number of aliphatic carboxylic acids is 1. The predicted molar refractivity (Wildman–Crippen MR) is 75.6 cm³/mol. The van der Waals surface area contributed by atoms with Crippen LogP contribution in [-0.2, 0) is 9.53 Å². The highest BCUT2D eigenvalue weighted by molar-refractivity contribution is 5.85. The lowest BCUT2D eigenvalue weighted by Crippen LogP contribution is -2.52. The second-order valence-corrected chi connectivity index (χ2v) is 4.82. The van der Waals surface area contributed by atoms with Crippen molar-refractivity contribution in [1.29, 1.82) is 0 Å². The number of carboxylic acids is 1. The van der Waals surface area contributed by atoms with Gasteiger partial charge in [-0.25, -0.2) is 0 Å². The second kappa shape index (κ2) is 6.89. The van der Waals surface area contributed by atoms with Gasteiger partial charge in [0, 0.05) is 12.1 Å². The molecule has 1 N–H and O–H groups in total. The Kier molecular flexibility index (Phi) is 5.79. The molecule has 0 spiro atoms. The Morgan fingerprint density at radius 1 is 1.37 bits per heavy atom. The summed E-state index contributed by atoms with van der Waals surface area (Å²) in [5, 5.41) is 8.98. The number of rotatable bonds is 3. The SMILES string of the molecule is CC1COC(c2ccccc2)C(C)N1CC(=O)O.Cl. The van der Waals surface area contributed by atoms with Gasteiger partial charge in [-0.2, -0.15) is 0 Å². The van der Waals surface area contributed by atoms with Gasteiger partial charge < -0.3 is 9.84 Å². The van der Waals surface area contributed by atoms with Crippen LogP contribution in [0.5, 0.6) is 0 Å². The zero-order valence-corrected chi connectivity index (χ0v) is 12.0. The summed E-state index contributed by atoms with van der Waals surface area (Å²) in [4.78, 5) is 12.9. The number of morpholine rings is 1. The minimum Gasteiger partial charge on any atom is -0.480 e. The van der Waals surface area contributed by atoms with E-state index in [2.05, 4.69) is 0 Å². The summed E-state index contributed by atoms with van der Waals surface area (Å²) in [7, 11) is 0. The van der Waals surface area contributed by atoms with Crippen LogP contribution in [0.2, 0.25) is 0 Å². The van der Waals surface area contributed by atoms with E-state index in [1.54, 1.807) is 0 Å². The number of benzene rings is 1. The molecule has 1 aliphatic rings. The number of hydrogen-bond acceptors (Lipinski definition) is 3. The standard InChI is InChI=1S/C14H19NO3.ClH/c1-10-9-18-14(12-6-4-3-5-7-12)11(2)15(10)8-13(16)17;/h3-7,10-11,14H,8-9H2,1-2H3,(H,16,17);1H. The van der Waals surface area contributed by atoms with Gasteiger partial charge in [0.2, 0.25) is 0 Å². The molecule has 1 fully saturated rings. The largest absolute Gasteiger partial charge is 0.480 e. The summed E-state index contributed by atoms with van der Waals surface area (Å²) in [6.45, 7) is 4.66. The normalized spacial score (nSPS) is 27.6. The van der Waals surface area contributed by atoms with Crippen LogP contribution in [0.1, 0.15) is 25.5 Å². The third-order valence-electron chi connectivity index (χ3n) is 3.49. The van der Waals surface area contributed by atoms with Crippen molar-refractivity contribution in [3.8, 4) is 0 Å². The van der Waals surface area contributed by atoms with Crippen LogP contribution in [0.3, 0.4) is 0 Å². The monoisotopic (exact) mass is 285 g/mol. The fraction of sp³-hybridized carbons (Fsp3) is 0.500. The molecule has 1 saturated heterocycles. The fourth-order valence-electron chi connectivity index (χ4n) is 2.53. The van der Waals surface area contributed by atoms with Gasteiger partial charge in [0.15, 0.2) is 0 Å². The Labute approximate surface area is 119 Å². The van der Waals surface area contributed by atoms with Gasteiger partial charge in [-0.1, -0.05) is 30.3 Å². The first-order valence-corrected chi connectivity index (χ1v) is 6.23. The molecule has 19 heavy (non-hydrogen) atoms. The third kappa shape index (κ3) is 3.69. The third-order valence-corrected chi connectivity index (χ3v) is 3.49. The van der Waals surface area contributed by atoms with E-state index in [-0.39, 0.29) is 37.1 Å². The second-order valence-electron chi connectivity index (χ2n) is 4.82. The Morgan fingerprint density at radius 2 is 2.00 bits per heavy atom. The van der Waals surface area contributed by atoms with E-state index in [0.29, 0.717) is 6.61 Å². The zero-order valence-electron chi connectivity index (χ0n) is 11.2. The number of carbonyl (C=O) groups is 1. The first kappa shape index (κ1) is 16.0. The van der Waals surface area contributed by atoms with Gasteiger partial charge >= 0.3 is 5.97 Å². The van der Waals surface area contributed by atoms with Gasteiger partial charge in [-0.05, 0) is 19.4 Å². The summed E-state index contributed by atoms with van der Waals surface area (Å²) in [5.74, 6) is -0.789. The number of nitrogens with zero attached hydrogens (tertiary/aromatic N) is 1. The molecule has 0 amide bonds. The van der Waals surface area contributed by atoms with Gasteiger partial charge in [-0.15, -0.1) is 12.4 Å². The van der Waals surface area contributed by atoms with Crippen LogP contribution in [0.15, 0.2) is 30.3 Å². The van der Waals surface area contributed by atoms with Crippen molar-refractivity contribution in [3.63, 3.8) is 0 Å². The number of carboxylic acid groups (broad SMARTS) is 1. The van der Waals surface area contributed by atoms with Crippen LogP contribution in [0.25, 0.3) is 0 Å². The van der Waals surface area contributed by atoms with E-state index >= 15 is 0 Å². The fourth-order valence-corrected chi connectivity index (χ4v) is 2.53. The maximum absolute atomic E-state index is 10.9. The van der Waals surface area contributed by atoms with Crippen LogP contribution in [0.4, 0.5) is 0 Å². The lowest BCUT2D eigenvalue weighted by Gasteiger charge is -2.43. The molecule has 1 aliphatic heterocycles. The van der Waals surface area contributed by atoms with E-state index in [1.807, 2.05) is 49.1 Å². The summed E-state index contributed by atoms with van der Waals surface area (Å²) in [6, 6.07) is 10.2. The van der Waals surface area contributed by atoms with Crippen LogP contribution in [0, 0.1) is 0 Å². The molecule has 0 radical (unpaired) electrons. The molecule has 1 heterocycles. The molecule has 1 aromatic rings. The van der Waals surface area contributed by atoms with Crippen molar-refractivity contribution in [2.24, 2.45) is 0 Å². The number of hydrogen-bond donors (Lipinski definition) is 1. The highest BCUT2D eigenvalue weighted by atomic mass is 35.5. The Morgan fingerprint density at radius 3 is 2.58 bits per heavy atom. The van der Waals surface area contributed by atoms with Crippen LogP contribution >= 0.6 is 12.4 Å². The van der Waals surface area contributed by atoms with Crippen molar-refractivity contribution >= 4 is 18.4 Å². The zero-order chi connectivity index (χ0) is 13.1. The highest BCUT2D eigenvalue weighted by Gasteiger charge is 2.34. The van der Waals surface area contributed by atoms with E-state index < -0.39 is 5.97 Å². The van der Waals surface area contributed by atoms with Gasteiger partial charge in [-0.3, -0.25) is 9.69 Å². The first-order chi connectivity index (χ1) is 8.59. The van der Waals surface area contributed by atoms with Crippen molar-refractivity contribution in [2.45, 2.75) is 32.0 Å². The molecule has 0 saturated carbocycles. The average Bonchev–Trinajstić information content (AvgIpc) is 2.35. The average molecular weight is 286 g/mol. The molecule has 0 bridgehead atoms. The van der Waals surface area contributed by atoms with Gasteiger partial charge in [0.25, 0.3) is 0 Å². The quantitative estimate of drug-likeness (QED) is 0.926. The summed E-state index contributed by atoms with van der Waals surface area (Å²) in [5.41, 5.74) is 1.10. The minimum absolute atomic E-state index is 0. The first-order valence-electron chi connectivity index (χ1n) is 6.23. The molecule has 0 aromatic heterocycles. The molecule has 3 unspecified atom stereocenters. The maximum Gasteiger partial charge on any atom is 0.317 e. The molecule has 1 aromatic carbocycles. The Hall–Kier alpha value is -1.10. The summed E-state index contributed by atoms with van der Waals surface area (Å²) in [6.07, 6.45) is -0.0539. The molecular formula is C14H20ClNO3. The number of ether oxygens (including phenoxy) is 1. The summed E-state index contributed by atoms with van der Waals surface area (Å²) < 4.78 is 5.87. The molecule has 4 nitrogen and oxygen atoms in total. The Balaban J connectivity index is 0.00000180. The van der Waals surface area contributed by atoms with Crippen molar-refractivity contribution in [1.82, 2.24) is 4.90 Å². The summed E-state index contributed by atoms with van der Waals surface area (Å²) >= 11 is 0. The molecule has 106 valence electrons. The van der Waals surface area contributed by atoms with E-state index in [1.165, 1.54) is 0 Å². The van der Waals surface area contributed by atoms with Crippen LogP contribution < -0.4 is 0 Å². The lowest BCUT2D eigenvalue weighted by molar-refractivity contribution is -0.146. The van der Waals surface area contributed by atoms with Crippen molar-refractivity contribution in [3.05, 3.63) is 35.9 Å². The Bertz CT molecular complexity index is 412. The van der Waals surface area contributed by atoms with E-state index in [0.717, 1.165) is 5.56 Å². The smallest absolute Gasteiger partial charge is 0.317 e. The van der Waals surface area contributed by atoms with E-state index in [4.69, 9.17) is 9.84 Å². The van der Waals surface area contributed by atoms with E-state index in [9.17, 15) is 4.79 Å². The molecule has 2 rings (SSSR count). The predicted octanol–water partition coefficient (Wildman–Crippen LogP) is 2.34. The minimum atomic E-state index is -0.789. The van der Waals surface area contributed by atoms with Crippen molar-refractivity contribution < 1.29 is 14.6 Å². The van der Waals surface area contributed by atoms with Gasteiger partial charge in [0.05, 0.1) is 19.3 Å². The topological polar surface area (TPSA) is 49.8 Å².